The highest BCUT2D eigenvalue weighted by Crippen LogP contribution is 2.30. The molecule has 1 atom stereocenters. The van der Waals surface area contributed by atoms with Gasteiger partial charge in [-0.05, 0) is 58.0 Å². The lowest BCUT2D eigenvalue weighted by Crippen LogP contribution is -2.48. The minimum Gasteiger partial charge on any atom is -0.497 e. The Morgan fingerprint density at radius 2 is 1.40 bits per heavy atom. The Morgan fingerprint density at radius 3 is 2.03 bits per heavy atom. The van der Waals surface area contributed by atoms with Crippen LogP contribution in [0.3, 0.4) is 0 Å². The smallest absolute Gasteiger partial charge is 0.173 e. The Kier molecular flexibility index (Phi) is 6.90. The van der Waals surface area contributed by atoms with E-state index in [2.05, 4.69) is 67.8 Å². The largest absolute Gasteiger partial charge is 0.497 e. The molecule has 1 saturated heterocycles. The van der Waals surface area contributed by atoms with E-state index in [4.69, 9.17) is 9.47 Å². The molecule has 0 aliphatic carbocycles. The summed E-state index contributed by atoms with van der Waals surface area (Å²) in [7, 11) is 3.36. The zero-order chi connectivity index (χ0) is 24.0. The molecule has 2 heterocycles. The van der Waals surface area contributed by atoms with Gasteiger partial charge in [-0.3, -0.25) is 4.90 Å². The van der Waals surface area contributed by atoms with Gasteiger partial charge in [0.2, 0.25) is 0 Å². The van der Waals surface area contributed by atoms with Crippen LogP contribution in [-0.4, -0.2) is 65.5 Å². The number of tetrazole rings is 1. The molecule has 0 radical (unpaired) electrons. The Labute approximate surface area is 205 Å². The first-order chi connectivity index (χ1) is 17.2. The molecule has 0 saturated carbocycles. The highest BCUT2D eigenvalue weighted by atomic mass is 16.5. The number of methoxy groups -OCH3 is 2. The number of ether oxygens (including phenoxy) is 2. The van der Waals surface area contributed by atoms with E-state index in [1.807, 2.05) is 41.1 Å². The lowest BCUT2D eigenvalue weighted by molar-refractivity contribution is 0.201. The predicted molar refractivity (Wildman–Crippen MR) is 135 cm³/mol. The SMILES string of the molecule is COc1ccc(Cn2nnnc2[C@@H](c2ccc(OC)cc2)N2CCN(c3ccccc3)CC2)cc1. The third kappa shape index (κ3) is 5.12. The zero-order valence-corrected chi connectivity index (χ0v) is 20.1. The van der Waals surface area contributed by atoms with Crippen molar-refractivity contribution < 1.29 is 9.47 Å². The summed E-state index contributed by atoms with van der Waals surface area (Å²) in [6.45, 7) is 4.28. The van der Waals surface area contributed by atoms with Gasteiger partial charge in [-0.2, -0.15) is 0 Å². The monoisotopic (exact) mass is 470 g/mol. The van der Waals surface area contributed by atoms with Crippen LogP contribution in [0.4, 0.5) is 5.69 Å². The maximum Gasteiger partial charge on any atom is 0.173 e. The molecule has 0 amide bonds. The number of rotatable bonds is 8. The van der Waals surface area contributed by atoms with Crippen LogP contribution in [0.5, 0.6) is 11.5 Å². The summed E-state index contributed by atoms with van der Waals surface area (Å²) in [4.78, 5) is 4.90. The molecule has 3 aromatic carbocycles. The Morgan fingerprint density at radius 1 is 0.771 bits per heavy atom. The first kappa shape index (κ1) is 22.9. The third-order valence-corrected chi connectivity index (χ3v) is 6.53. The molecule has 0 spiro atoms. The number of hydrogen-bond acceptors (Lipinski definition) is 7. The molecule has 1 aliphatic heterocycles. The van der Waals surface area contributed by atoms with Crippen molar-refractivity contribution in [1.82, 2.24) is 25.1 Å². The fraction of sp³-hybridized carbons (Fsp3) is 0.296. The maximum atomic E-state index is 5.39. The summed E-state index contributed by atoms with van der Waals surface area (Å²) in [6, 6.07) is 26.8. The zero-order valence-electron chi connectivity index (χ0n) is 20.1. The molecule has 0 N–H and O–H groups in total. The van der Waals surface area contributed by atoms with Gasteiger partial charge in [0.1, 0.15) is 11.5 Å². The lowest BCUT2D eigenvalue weighted by Gasteiger charge is -2.40. The first-order valence-corrected chi connectivity index (χ1v) is 11.8. The molecule has 5 rings (SSSR count). The molecular formula is C27H30N6O2. The minimum atomic E-state index is -0.0629. The van der Waals surface area contributed by atoms with E-state index in [0.717, 1.165) is 54.6 Å². The molecule has 8 nitrogen and oxygen atoms in total. The average molecular weight is 471 g/mol. The van der Waals surface area contributed by atoms with Crippen LogP contribution >= 0.6 is 0 Å². The molecule has 4 aromatic rings. The van der Waals surface area contributed by atoms with Crippen LogP contribution in [-0.2, 0) is 6.54 Å². The predicted octanol–water partition coefficient (Wildman–Crippen LogP) is 3.65. The van der Waals surface area contributed by atoms with Crippen LogP contribution in [0.1, 0.15) is 23.0 Å². The minimum absolute atomic E-state index is 0.0629. The van der Waals surface area contributed by atoms with Gasteiger partial charge in [0.05, 0.1) is 26.8 Å². The van der Waals surface area contributed by atoms with Crippen LogP contribution in [0.25, 0.3) is 0 Å². The molecule has 0 bridgehead atoms. The number of benzene rings is 3. The Bertz CT molecular complexity index is 1200. The summed E-state index contributed by atoms with van der Waals surface area (Å²) in [5.74, 6) is 2.50. The summed E-state index contributed by atoms with van der Waals surface area (Å²) in [5.41, 5.74) is 3.52. The highest BCUT2D eigenvalue weighted by Gasteiger charge is 2.30. The fourth-order valence-corrected chi connectivity index (χ4v) is 4.61. The number of aromatic nitrogens is 4. The second-order valence-corrected chi connectivity index (χ2v) is 8.58. The van der Waals surface area contributed by atoms with Gasteiger partial charge in [-0.15, -0.1) is 5.10 Å². The van der Waals surface area contributed by atoms with E-state index in [1.54, 1.807) is 14.2 Å². The number of hydrogen-bond donors (Lipinski definition) is 0. The third-order valence-electron chi connectivity index (χ3n) is 6.53. The van der Waals surface area contributed by atoms with Crippen LogP contribution < -0.4 is 14.4 Å². The van der Waals surface area contributed by atoms with Gasteiger partial charge in [0.15, 0.2) is 5.82 Å². The van der Waals surface area contributed by atoms with Crippen LogP contribution in [0.15, 0.2) is 78.9 Å². The summed E-state index contributed by atoms with van der Waals surface area (Å²) in [5, 5.41) is 12.9. The van der Waals surface area contributed by atoms with Crippen molar-refractivity contribution in [3.63, 3.8) is 0 Å². The molecule has 1 aliphatic rings. The number of piperazine rings is 1. The van der Waals surface area contributed by atoms with Gasteiger partial charge >= 0.3 is 0 Å². The van der Waals surface area contributed by atoms with Gasteiger partial charge in [-0.1, -0.05) is 42.5 Å². The molecule has 8 heteroatoms. The van der Waals surface area contributed by atoms with Crippen molar-refractivity contribution in [3.05, 3.63) is 95.8 Å². The van der Waals surface area contributed by atoms with Gasteiger partial charge in [-0.25, -0.2) is 4.68 Å². The van der Waals surface area contributed by atoms with Crippen molar-refractivity contribution in [1.29, 1.82) is 0 Å². The molecule has 1 fully saturated rings. The summed E-state index contributed by atoms with van der Waals surface area (Å²) < 4.78 is 12.6. The normalized spacial score (nSPS) is 15.1. The molecule has 0 unspecified atom stereocenters. The van der Waals surface area contributed by atoms with E-state index in [0.29, 0.717) is 6.54 Å². The van der Waals surface area contributed by atoms with Crippen molar-refractivity contribution in [2.75, 3.05) is 45.3 Å². The van der Waals surface area contributed by atoms with E-state index in [9.17, 15) is 0 Å². The quantitative estimate of drug-likeness (QED) is 0.389. The van der Waals surface area contributed by atoms with Crippen LogP contribution in [0.2, 0.25) is 0 Å². The first-order valence-electron chi connectivity index (χ1n) is 11.8. The Balaban J connectivity index is 1.42. The van der Waals surface area contributed by atoms with Crippen molar-refractivity contribution in [2.45, 2.75) is 12.6 Å². The maximum absolute atomic E-state index is 5.39. The fourth-order valence-electron chi connectivity index (χ4n) is 4.61. The standard InChI is InChI=1S/C27H30N6O2/c1-34-24-12-8-21(9-13-24)20-33-27(28-29-30-33)26(22-10-14-25(35-2)15-11-22)32-18-16-31(17-19-32)23-6-4-3-5-7-23/h3-15,26H,16-20H2,1-2H3/t26-/m1/s1. The van der Waals surface area contributed by atoms with E-state index in [-0.39, 0.29) is 6.04 Å². The molecule has 180 valence electrons. The van der Waals surface area contributed by atoms with Gasteiger partial charge in [0, 0.05) is 31.9 Å². The van der Waals surface area contributed by atoms with Crippen molar-refractivity contribution in [2.24, 2.45) is 0 Å². The number of anilines is 1. The molecule has 1 aromatic heterocycles. The van der Waals surface area contributed by atoms with Gasteiger partial charge < -0.3 is 14.4 Å². The Hall–Kier alpha value is -3.91. The molecular weight excluding hydrogens is 440 g/mol. The van der Waals surface area contributed by atoms with Crippen LogP contribution in [0, 0.1) is 0 Å². The second-order valence-electron chi connectivity index (χ2n) is 8.58. The van der Waals surface area contributed by atoms with E-state index < -0.39 is 0 Å². The van der Waals surface area contributed by atoms with Crippen molar-refractivity contribution in [3.8, 4) is 11.5 Å². The number of para-hydroxylation sites is 1. The van der Waals surface area contributed by atoms with E-state index >= 15 is 0 Å². The molecule has 35 heavy (non-hydrogen) atoms. The lowest BCUT2D eigenvalue weighted by atomic mass is 10.0. The topological polar surface area (TPSA) is 68.5 Å². The second kappa shape index (κ2) is 10.6. The summed E-state index contributed by atoms with van der Waals surface area (Å²) >= 11 is 0. The summed E-state index contributed by atoms with van der Waals surface area (Å²) in [6.07, 6.45) is 0. The number of nitrogens with zero attached hydrogens (tertiary/aromatic N) is 6. The van der Waals surface area contributed by atoms with Gasteiger partial charge in [0.25, 0.3) is 0 Å². The average Bonchev–Trinajstić information content (AvgIpc) is 3.38. The van der Waals surface area contributed by atoms with E-state index in [1.165, 1.54) is 5.69 Å². The highest BCUT2D eigenvalue weighted by molar-refractivity contribution is 5.46. The van der Waals surface area contributed by atoms with Crippen molar-refractivity contribution >= 4 is 5.69 Å².